The van der Waals surface area contributed by atoms with Gasteiger partial charge in [0.05, 0.1) is 16.9 Å². The fraction of sp³-hybridized carbons (Fsp3) is 0.222. The van der Waals surface area contributed by atoms with Crippen LogP contribution in [0.4, 0.5) is 10.1 Å². The molecule has 1 aromatic carbocycles. The molecule has 3 aromatic rings. The quantitative estimate of drug-likeness (QED) is 0.760. The molecule has 0 aliphatic carbocycles. The number of aryl methyl sites for hydroxylation is 1. The number of hydrogen-bond donors (Lipinski definition) is 1. The van der Waals surface area contributed by atoms with E-state index in [1.807, 2.05) is 0 Å². The first-order chi connectivity index (χ1) is 12.8. The molecule has 0 fully saturated rings. The van der Waals surface area contributed by atoms with Gasteiger partial charge in [0.1, 0.15) is 5.82 Å². The number of aromatic nitrogens is 3. The highest BCUT2D eigenvalue weighted by atomic mass is 19.1. The largest absolute Gasteiger partial charge is 0.355 e. The van der Waals surface area contributed by atoms with Gasteiger partial charge in [-0.05, 0) is 19.1 Å². The van der Waals surface area contributed by atoms with E-state index in [2.05, 4.69) is 15.6 Å². The Balaban J connectivity index is 1.89. The number of hydrogen-bond acceptors (Lipinski definition) is 5. The van der Waals surface area contributed by atoms with Crippen molar-refractivity contribution in [1.82, 2.24) is 19.8 Å². The minimum absolute atomic E-state index is 0.0419. The van der Waals surface area contributed by atoms with E-state index in [1.54, 1.807) is 40.2 Å². The third-order valence-electron chi connectivity index (χ3n) is 4.06. The number of benzene rings is 1. The van der Waals surface area contributed by atoms with E-state index in [4.69, 9.17) is 4.52 Å². The topological polar surface area (TPSA) is 93.3 Å². The average molecular weight is 371 g/mol. The molecule has 0 saturated carbocycles. The molecule has 3 rings (SSSR count). The summed E-state index contributed by atoms with van der Waals surface area (Å²) in [5.41, 5.74) is 1.17. The van der Waals surface area contributed by atoms with E-state index in [0.29, 0.717) is 5.69 Å². The van der Waals surface area contributed by atoms with Gasteiger partial charge < -0.3 is 14.7 Å². The van der Waals surface area contributed by atoms with Gasteiger partial charge in [0, 0.05) is 27.2 Å². The zero-order valence-electron chi connectivity index (χ0n) is 15.3. The number of amides is 2. The van der Waals surface area contributed by atoms with E-state index < -0.39 is 11.7 Å². The van der Waals surface area contributed by atoms with Gasteiger partial charge in [0.15, 0.2) is 17.1 Å². The molecule has 140 valence electrons. The maximum absolute atomic E-state index is 13.9. The molecule has 0 aliphatic rings. The lowest BCUT2D eigenvalue weighted by Gasteiger charge is -2.10. The van der Waals surface area contributed by atoms with Crippen LogP contribution >= 0.6 is 0 Å². The highest BCUT2D eigenvalue weighted by Gasteiger charge is 2.24. The van der Waals surface area contributed by atoms with Crippen molar-refractivity contribution >= 4 is 17.5 Å². The number of rotatable bonds is 4. The van der Waals surface area contributed by atoms with Gasteiger partial charge in [-0.25, -0.2) is 4.39 Å². The number of nitrogens with zero attached hydrogens (tertiary/aromatic N) is 4. The number of halogens is 1. The zero-order valence-corrected chi connectivity index (χ0v) is 15.3. The van der Waals surface area contributed by atoms with Crippen LogP contribution in [0.5, 0.6) is 0 Å². The summed E-state index contributed by atoms with van der Waals surface area (Å²) in [5.74, 6) is -1.29. The molecular formula is C18H18FN5O3. The van der Waals surface area contributed by atoms with Crippen LogP contribution in [0.3, 0.4) is 0 Å². The minimum atomic E-state index is -0.592. The molecule has 27 heavy (non-hydrogen) atoms. The molecule has 0 aliphatic heterocycles. The van der Waals surface area contributed by atoms with Crippen molar-refractivity contribution in [2.45, 2.75) is 6.92 Å². The molecule has 0 saturated heterocycles. The Bertz CT molecular complexity index is 1020. The van der Waals surface area contributed by atoms with Crippen molar-refractivity contribution in [2.24, 2.45) is 7.05 Å². The highest BCUT2D eigenvalue weighted by Crippen LogP contribution is 2.25. The lowest BCUT2D eigenvalue weighted by atomic mass is 10.1. The first kappa shape index (κ1) is 18.3. The van der Waals surface area contributed by atoms with Crippen LogP contribution in [0.2, 0.25) is 0 Å². The summed E-state index contributed by atoms with van der Waals surface area (Å²) in [5, 5.41) is 10.5. The highest BCUT2D eigenvalue weighted by molar-refractivity contribution is 6.08. The van der Waals surface area contributed by atoms with Crippen LogP contribution in [-0.4, -0.2) is 45.7 Å². The second kappa shape index (κ2) is 7.02. The predicted molar refractivity (Wildman–Crippen MR) is 95.8 cm³/mol. The molecule has 9 heteroatoms. The van der Waals surface area contributed by atoms with E-state index in [9.17, 15) is 14.0 Å². The van der Waals surface area contributed by atoms with Crippen molar-refractivity contribution in [1.29, 1.82) is 0 Å². The van der Waals surface area contributed by atoms with Gasteiger partial charge in [-0.1, -0.05) is 17.3 Å². The molecule has 2 aromatic heterocycles. The maximum Gasteiger partial charge on any atom is 0.277 e. The molecular weight excluding hydrogens is 353 g/mol. The molecule has 2 amide bonds. The molecule has 0 bridgehead atoms. The Kier molecular flexibility index (Phi) is 4.76. The van der Waals surface area contributed by atoms with Crippen LogP contribution in [0.15, 0.2) is 34.9 Å². The minimum Gasteiger partial charge on any atom is -0.355 e. The number of nitrogens with one attached hydrogen (secondary N) is 1. The lowest BCUT2D eigenvalue weighted by molar-refractivity contribution is 0.0822. The third-order valence-corrected chi connectivity index (χ3v) is 4.06. The van der Waals surface area contributed by atoms with Crippen LogP contribution in [-0.2, 0) is 7.05 Å². The molecule has 2 heterocycles. The molecule has 0 unspecified atom stereocenters. The second-order valence-corrected chi connectivity index (χ2v) is 6.14. The first-order valence-corrected chi connectivity index (χ1v) is 8.07. The summed E-state index contributed by atoms with van der Waals surface area (Å²) in [7, 11) is 4.86. The smallest absolute Gasteiger partial charge is 0.277 e. The molecule has 8 nitrogen and oxygen atoms in total. The Morgan fingerprint density at radius 2 is 1.96 bits per heavy atom. The third kappa shape index (κ3) is 3.43. The maximum atomic E-state index is 13.9. The standard InChI is InChI=1S/C18H18FN5O3/c1-10-15(16(21-24(10)4)18(26)23(2)3)20-17(25)13-9-14(27-22-13)11-7-5-6-8-12(11)19/h5-9H,1-4H3,(H,20,25). The average Bonchev–Trinajstić information content (AvgIpc) is 3.22. The summed E-state index contributed by atoms with van der Waals surface area (Å²) < 4.78 is 20.5. The van der Waals surface area contributed by atoms with Gasteiger partial charge in [0.25, 0.3) is 11.8 Å². The van der Waals surface area contributed by atoms with Crippen LogP contribution in [0, 0.1) is 12.7 Å². The van der Waals surface area contributed by atoms with E-state index in [1.165, 1.54) is 27.8 Å². The Morgan fingerprint density at radius 3 is 2.63 bits per heavy atom. The van der Waals surface area contributed by atoms with Gasteiger partial charge in [-0.15, -0.1) is 0 Å². The summed E-state index contributed by atoms with van der Waals surface area (Å²) in [6.07, 6.45) is 0. The summed E-state index contributed by atoms with van der Waals surface area (Å²) in [6, 6.07) is 7.36. The Labute approximate surface area is 154 Å². The zero-order chi connectivity index (χ0) is 19.7. The number of carbonyl (C=O) groups is 2. The first-order valence-electron chi connectivity index (χ1n) is 8.07. The van der Waals surface area contributed by atoms with Gasteiger partial charge in [-0.2, -0.15) is 5.10 Å². The molecule has 0 radical (unpaired) electrons. The van der Waals surface area contributed by atoms with Crippen molar-refractivity contribution < 1.29 is 18.5 Å². The Hall–Kier alpha value is -3.49. The SMILES string of the molecule is Cc1c(NC(=O)c2cc(-c3ccccc3F)on2)c(C(=O)N(C)C)nn1C. The number of anilines is 1. The fourth-order valence-electron chi connectivity index (χ4n) is 2.47. The van der Waals surface area contributed by atoms with Crippen LogP contribution < -0.4 is 5.32 Å². The normalized spacial score (nSPS) is 10.7. The van der Waals surface area contributed by atoms with E-state index >= 15 is 0 Å². The molecule has 1 N–H and O–H groups in total. The summed E-state index contributed by atoms with van der Waals surface area (Å²) in [4.78, 5) is 26.2. The molecule has 0 atom stereocenters. The van der Waals surface area contributed by atoms with Crippen LogP contribution in [0.25, 0.3) is 11.3 Å². The van der Waals surface area contributed by atoms with E-state index in [-0.39, 0.29) is 34.3 Å². The lowest BCUT2D eigenvalue weighted by Crippen LogP contribution is -2.24. The van der Waals surface area contributed by atoms with E-state index in [0.717, 1.165) is 0 Å². The summed E-state index contributed by atoms with van der Waals surface area (Å²) >= 11 is 0. The van der Waals surface area contributed by atoms with Crippen molar-refractivity contribution in [3.8, 4) is 11.3 Å². The number of carbonyl (C=O) groups excluding carboxylic acids is 2. The van der Waals surface area contributed by atoms with Gasteiger partial charge in [-0.3, -0.25) is 14.3 Å². The van der Waals surface area contributed by atoms with Gasteiger partial charge >= 0.3 is 0 Å². The summed E-state index contributed by atoms with van der Waals surface area (Å²) in [6.45, 7) is 1.72. The van der Waals surface area contributed by atoms with Crippen molar-refractivity contribution in [2.75, 3.05) is 19.4 Å². The predicted octanol–water partition coefficient (Wildman–Crippen LogP) is 2.48. The fourth-order valence-corrected chi connectivity index (χ4v) is 2.47. The van der Waals surface area contributed by atoms with Crippen LogP contribution in [0.1, 0.15) is 26.7 Å². The van der Waals surface area contributed by atoms with Gasteiger partial charge in [0.2, 0.25) is 0 Å². The monoisotopic (exact) mass is 371 g/mol. The Morgan fingerprint density at radius 1 is 1.26 bits per heavy atom. The second-order valence-electron chi connectivity index (χ2n) is 6.14. The van der Waals surface area contributed by atoms with Crippen molar-refractivity contribution in [3.05, 3.63) is 53.2 Å². The molecule has 0 spiro atoms. The van der Waals surface area contributed by atoms with Crippen molar-refractivity contribution in [3.63, 3.8) is 0 Å².